The minimum atomic E-state index is -0.632. The van der Waals surface area contributed by atoms with Gasteiger partial charge in [-0.05, 0) is 63.4 Å². The standard InChI is InChI=1S/C32H48N4O3/c1-6-39-31(37)30-12-10-27(11-13-30)21-35-19-25(2)36(26(3)20-35)23-29-9-7-8-28(18-29)22-33-14-16-34(17-15-33)24-32(4,5)38/h7-13,18,25-26,38H,6,14-17,19-24H2,1-5H3/t25-,26?/m0/s1. The monoisotopic (exact) mass is 536 g/mol. The van der Waals surface area contributed by atoms with Crippen LogP contribution < -0.4 is 0 Å². The van der Waals surface area contributed by atoms with Crippen LogP contribution in [-0.2, 0) is 24.4 Å². The maximum Gasteiger partial charge on any atom is 0.338 e. The number of hydrogen-bond acceptors (Lipinski definition) is 7. The smallest absolute Gasteiger partial charge is 0.338 e. The molecular weight excluding hydrogens is 488 g/mol. The summed E-state index contributed by atoms with van der Waals surface area (Å²) in [4.78, 5) is 22.0. The number of aliphatic hydroxyl groups is 1. The molecular formula is C32H48N4O3. The van der Waals surface area contributed by atoms with E-state index < -0.39 is 5.60 Å². The minimum Gasteiger partial charge on any atom is -0.462 e. The molecule has 2 aromatic rings. The zero-order valence-electron chi connectivity index (χ0n) is 24.6. The molecule has 7 nitrogen and oxygen atoms in total. The maximum absolute atomic E-state index is 11.9. The highest BCUT2D eigenvalue weighted by molar-refractivity contribution is 5.89. The van der Waals surface area contributed by atoms with Crippen LogP contribution in [0.3, 0.4) is 0 Å². The van der Waals surface area contributed by atoms with Crippen LogP contribution in [0.25, 0.3) is 0 Å². The first-order valence-corrected chi connectivity index (χ1v) is 14.6. The van der Waals surface area contributed by atoms with Gasteiger partial charge in [0.2, 0.25) is 0 Å². The molecule has 2 aliphatic heterocycles. The normalized spacial score (nSPS) is 22.2. The van der Waals surface area contributed by atoms with E-state index in [0.29, 0.717) is 24.3 Å². The van der Waals surface area contributed by atoms with Crippen molar-refractivity contribution in [2.45, 2.75) is 71.9 Å². The molecule has 2 fully saturated rings. The van der Waals surface area contributed by atoms with Crippen molar-refractivity contribution in [3.8, 4) is 0 Å². The molecule has 7 heteroatoms. The number of rotatable bonds is 10. The quantitative estimate of drug-likeness (QED) is 0.463. The Morgan fingerprint density at radius 2 is 1.41 bits per heavy atom. The summed E-state index contributed by atoms with van der Waals surface area (Å²) in [6, 6.07) is 17.9. The Kier molecular flexibility index (Phi) is 10.2. The molecule has 2 atom stereocenters. The molecule has 1 unspecified atom stereocenters. The van der Waals surface area contributed by atoms with Gasteiger partial charge in [-0.1, -0.05) is 36.4 Å². The number of hydrogen-bond donors (Lipinski definition) is 1. The van der Waals surface area contributed by atoms with Gasteiger partial charge in [-0.2, -0.15) is 0 Å². The molecule has 0 saturated carbocycles. The molecule has 0 radical (unpaired) electrons. The lowest BCUT2D eigenvalue weighted by Gasteiger charge is -2.44. The van der Waals surface area contributed by atoms with E-state index in [9.17, 15) is 9.90 Å². The van der Waals surface area contributed by atoms with Crippen LogP contribution in [0, 0.1) is 0 Å². The Morgan fingerprint density at radius 1 is 0.846 bits per heavy atom. The van der Waals surface area contributed by atoms with Crippen LogP contribution in [0.5, 0.6) is 0 Å². The Morgan fingerprint density at radius 3 is 2.00 bits per heavy atom. The molecule has 2 aliphatic rings. The highest BCUT2D eigenvalue weighted by Crippen LogP contribution is 2.22. The summed E-state index contributed by atoms with van der Waals surface area (Å²) < 4.78 is 5.10. The predicted octanol–water partition coefficient (Wildman–Crippen LogP) is 3.85. The largest absolute Gasteiger partial charge is 0.462 e. The predicted molar refractivity (Wildman–Crippen MR) is 157 cm³/mol. The van der Waals surface area contributed by atoms with Gasteiger partial charge in [0.25, 0.3) is 0 Å². The molecule has 0 bridgehead atoms. The summed E-state index contributed by atoms with van der Waals surface area (Å²) in [7, 11) is 0. The number of carbonyl (C=O) groups excluding carboxylic acids is 1. The average molecular weight is 537 g/mol. The third-order valence-corrected chi connectivity index (χ3v) is 7.89. The van der Waals surface area contributed by atoms with Gasteiger partial charge in [-0.3, -0.25) is 19.6 Å². The van der Waals surface area contributed by atoms with Crippen molar-refractivity contribution in [3.05, 3.63) is 70.8 Å². The molecule has 2 aromatic carbocycles. The van der Waals surface area contributed by atoms with Crippen LogP contribution in [0.15, 0.2) is 48.5 Å². The lowest BCUT2D eigenvalue weighted by molar-refractivity contribution is 0.0166. The van der Waals surface area contributed by atoms with Gasteiger partial charge in [-0.15, -0.1) is 0 Å². The number of carbonyl (C=O) groups is 1. The second kappa shape index (κ2) is 13.4. The van der Waals surface area contributed by atoms with Gasteiger partial charge in [0.1, 0.15) is 0 Å². The first kappa shape index (κ1) is 29.7. The van der Waals surface area contributed by atoms with Crippen molar-refractivity contribution in [1.29, 1.82) is 0 Å². The topological polar surface area (TPSA) is 59.5 Å². The zero-order valence-corrected chi connectivity index (χ0v) is 24.6. The van der Waals surface area contributed by atoms with E-state index in [1.165, 1.54) is 16.7 Å². The van der Waals surface area contributed by atoms with Crippen molar-refractivity contribution in [2.24, 2.45) is 0 Å². The van der Waals surface area contributed by atoms with Crippen LogP contribution in [0.4, 0.5) is 0 Å². The van der Waals surface area contributed by atoms with Gasteiger partial charge in [0.05, 0.1) is 17.8 Å². The fourth-order valence-electron chi connectivity index (χ4n) is 6.07. The zero-order chi connectivity index (χ0) is 28.0. The number of esters is 1. The van der Waals surface area contributed by atoms with E-state index in [2.05, 4.69) is 57.7 Å². The number of benzene rings is 2. The molecule has 0 amide bonds. The number of ether oxygens (including phenoxy) is 1. The summed E-state index contributed by atoms with van der Waals surface area (Å²) in [5.74, 6) is -0.256. The second-order valence-corrected chi connectivity index (χ2v) is 12.2. The van der Waals surface area contributed by atoms with Crippen LogP contribution in [0.1, 0.15) is 61.7 Å². The molecule has 2 saturated heterocycles. The van der Waals surface area contributed by atoms with Crippen molar-refractivity contribution in [2.75, 3.05) is 52.4 Å². The highest BCUT2D eigenvalue weighted by atomic mass is 16.5. The first-order valence-electron chi connectivity index (χ1n) is 14.6. The Balaban J connectivity index is 1.27. The fraction of sp³-hybridized carbons (Fsp3) is 0.594. The van der Waals surface area contributed by atoms with Crippen LogP contribution in [-0.4, -0.2) is 101 Å². The maximum atomic E-state index is 11.9. The average Bonchev–Trinajstić information content (AvgIpc) is 2.87. The number of β-amino-alcohol motifs (C(OH)–C–C–N with tert-alkyl or cyclic N) is 1. The summed E-state index contributed by atoms with van der Waals surface area (Å²) in [5.41, 5.74) is 3.98. The van der Waals surface area contributed by atoms with Crippen LogP contribution >= 0.6 is 0 Å². The molecule has 0 spiro atoms. The summed E-state index contributed by atoms with van der Waals surface area (Å²) in [6.07, 6.45) is 0. The van der Waals surface area contributed by atoms with E-state index in [1.807, 2.05) is 45.0 Å². The Hall–Kier alpha value is -2.29. The second-order valence-electron chi connectivity index (χ2n) is 12.2. The number of nitrogens with zero attached hydrogens (tertiary/aromatic N) is 4. The van der Waals surface area contributed by atoms with Crippen molar-refractivity contribution in [3.63, 3.8) is 0 Å². The molecule has 0 aliphatic carbocycles. The Labute approximate surface area is 235 Å². The van der Waals surface area contributed by atoms with E-state index in [-0.39, 0.29) is 5.97 Å². The first-order chi connectivity index (χ1) is 18.6. The SMILES string of the molecule is CCOC(=O)c1ccc(CN2CC(C)N(Cc3cccc(CN4CCN(CC(C)(C)O)CC4)c3)[C@@H](C)C2)cc1. The van der Waals surface area contributed by atoms with E-state index in [0.717, 1.165) is 65.4 Å². The van der Waals surface area contributed by atoms with Gasteiger partial charge < -0.3 is 9.84 Å². The van der Waals surface area contributed by atoms with Gasteiger partial charge in [-0.25, -0.2) is 4.79 Å². The van der Waals surface area contributed by atoms with Gasteiger partial charge in [0.15, 0.2) is 0 Å². The van der Waals surface area contributed by atoms with Gasteiger partial charge >= 0.3 is 5.97 Å². The van der Waals surface area contributed by atoms with Crippen molar-refractivity contribution < 1.29 is 14.6 Å². The molecule has 4 rings (SSSR count). The summed E-state index contributed by atoms with van der Waals surface area (Å²) in [6.45, 7) is 20.4. The highest BCUT2D eigenvalue weighted by Gasteiger charge is 2.29. The third kappa shape index (κ3) is 8.85. The molecule has 39 heavy (non-hydrogen) atoms. The van der Waals surface area contributed by atoms with Crippen molar-refractivity contribution in [1.82, 2.24) is 19.6 Å². The molecule has 0 aromatic heterocycles. The summed E-state index contributed by atoms with van der Waals surface area (Å²) >= 11 is 0. The minimum absolute atomic E-state index is 0.256. The molecule has 1 N–H and O–H groups in total. The molecule has 214 valence electrons. The lowest BCUT2D eigenvalue weighted by atomic mass is 10.0. The van der Waals surface area contributed by atoms with E-state index in [4.69, 9.17) is 4.74 Å². The summed E-state index contributed by atoms with van der Waals surface area (Å²) in [5, 5.41) is 10.1. The van der Waals surface area contributed by atoms with E-state index >= 15 is 0 Å². The lowest BCUT2D eigenvalue weighted by Crippen LogP contribution is -2.55. The third-order valence-electron chi connectivity index (χ3n) is 7.89. The Bertz CT molecular complexity index is 1050. The van der Waals surface area contributed by atoms with Gasteiger partial charge in [0, 0.05) is 77.5 Å². The van der Waals surface area contributed by atoms with E-state index in [1.54, 1.807) is 0 Å². The van der Waals surface area contributed by atoms with Crippen molar-refractivity contribution >= 4 is 5.97 Å². The fourth-order valence-corrected chi connectivity index (χ4v) is 6.07. The number of piperazine rings is 2. The molecule has 2 heterocycles. The van der Waals surface area contributed by atoms with Crippen LogP contribution in [0.2, 0.25) is 0 Å².